The molecule has 0 saturated heterocycles. The number of carbonyl (C=O) groups excluding carboxylic acids is 1. The molecule has 1 aromatic heterocycles. The lowest BCUT2D eigenvalue weighted by Gasteiger charge is -2.29. The van der Waals surface area contributed by atoms with Crippen LogP contribution in [0.4, 0.5) is 0 Å². The van der Waals surface area contributed by atoms with Crippen LogP contribution in [0.1, 0.15) is 32.6 Å². The molecule has 7 heteroatoms. The van der Waals surface area contributed by atoms with Crippen LogP contribution in [0.2, 0.25) is 5.02 Å². The van der Waals surface area contributed by atoms with Gasteiger partial charge in [0.25, 0.3) is 0 Å². The quantitative estimate of drug-likeness (QED) is 0.867. The van der Waals surface area contributed by atoms with Crippen molar-refractivity contribution in [1.29, 1.82) is 0 Å². The topological polar surface area (TPSA) is 64.1 Å². The Kier molecular flexibility index (Phi) is 5.43. The molecule has 110 valence electrons. The van der Waals surface area contributed by atoms with Gasteiger partial charge in [-0.15, -0.1) is 11.6 Å². The van der Waals surface area contributed by atoms with Gasteiger partial charge in [0.2, 0.25) is 5.91 Å². The summed E-state index contributed by atoms with van der Waals surface area (Å²) in [5, 5.41) is 2.93. The standard InChI is InChI=1S/C13H17Cl2N3O2/c1-8(14)12(19)18-10-2-4-11(5-3-10)20-13-16-6-9(15)7-17-13/h6-8,10-11H,2-5H2,1H3,(H,18,19). The zero-order valence-electron chi connectivity index (χ0n) is 11.2. The lowest BCUT2D eigenvalue weighted by Crippen LogP contribution is -2.42. The van der Waals surface area contributed by atoms with Gasteiger partial charge in [0.05, 0.1) is 17.4 Å². The predicted molar refractivity (Wildman–Crippen MR) is 77.2 cm³/mol. The molecule has 1 aliphatic carbocycles. The Labute approximate surface area is 128 Å². The maximum absolute atomic E-state index is 11.5. The summed E-state index contributed by atoms with van der Waals surface area (Å²) in [5.41, 5.74) is 0. The van der Waals surface area contributed by atoms with Crippen LogP contribution in [-0.2, 0) is 4.79 Å². The number of hydrogen-bond acceptors (Lipinski definition) is 4. The maximum atomic E-state index is 11.5. The van der Waals surface area contributed by atoms with Crippen molar-refractivity contribution in [3.8, 4) is 6.01 Å². The van der Waals surface area contributed by atoms with E-state index in [-0.39, 0.29) is 18.1 Å². The molecule has 1 atom stereocenters. The average molecular weight is 318 g/mol. The second-order valence-corrected chi connectivity index (χ2v) is 5.99. The summed E-state index contributed by atoms with van der Waals surface area (Å²) in [6, 6.07) is 0.519. The van der Waals surface area contributed by atoms with Crippen molar-refractivity contribution in [2.24, 2.45) is 0 Å². The molecular weight excluding hydrogens is 301 g/mol. The number of ether oxygens (including phenoxy) is 1. The van der Waals surface area contributed by atoms with Crippen LogP contribution in [0.15, 0.2) is 12.4 Å². The highest BCUT2D eigenvalue weighted by atomic mass is 35.5. The van der Waals surface area contributed by atoms with Gasteiger partial charge >= 0.3 is 6.01 Å². The molecule has 0 bridgehead atoms. The Hall–Kier alpha value is -1.07. The molecule has 0 radical (unpaired) electrons. The summed E-state index contributed by atoms with van der Waals surface area (Å²) < 4.78 is 5.69. The van der Waals surface area contributed by atoms with E-state index >= 15 is 0 Å². The van der Waals surface area contributed by atoms with Crippen molar-refractivity contribution >= 4 is 29.1 Å². The fourth-order valence-electron chi connectivity index (χ4n) is 2.15. The number of halogens is 2. The van der Waals surface area contributed by atoms with Crippen molar-refractivity contribution in [1.82, 2.24) is 15.3 Å². The Morgan fingerprint density at radius 1 is 1.35 bits per heavy atom. The number of aromatic nitrogens is 2. The smallest absolute Gasteiger partial charge is 0.316 e. The molecule has 0 aliphatic heterocycles. The van der Waals surface area contributed by atoms with E-state index in [0.29, 0.717) is 11.0 Å². The highest BCUT2D eigenvalue weighted by Gasteiger charge is 2.25. The number of hydrogen-bond donors (Lipinski definition) is 1. The summed E-state index contributed by atoms with van der Waals surface area (Å²) in [6.45, 7) is 1.67. The van der Waals surface area contributed by atoms with E-state index in [1.807, 2.05) is 0 Å². The first-order valence-corrected chi connectivity index (χ1v) is 7.44. The SMILES string of the molecule is CC(Cl)C(=O)NC1CCC(Oc2ncc(Cl)cn2)CC1. The third-order valence-electron chi connectivity index (χ3n) is 3.25. The van der Waals surface area contributed by atoms with E-state index in [4.69, 9.17) is 27.9 Å². The van der Waals surface area contributed by atoms with Gasteiger partial charge in [-0.2, -0.15) is 0 Å². The van der Waals surface area contributed by atoms with Gasteiger partial charge in [-0.25, -0.2) is 9.97 Å². The molecule has 1 fully saturated rings. The minimum absolute atomic E-state index is 0.0813. The Bertz CT molecular complexity index is 445. The number of alkyl halides is 1. The van der Waals surface area contributed by atoms with Gasteiger partial charge in [-0.3, -0.25) is 4.79 Å². The van der Waals surface area contributed by atoms with E-state index in [1.54, 1.807) is 6.92 Å². The largest absolute Gasteiger partial charge is 0.460 e. The van der Waals surface area contributed by atoms with Crippen molar-refractivity contribution in [2.45, 2.75) is 50.1 Å². The van der Waals surface area contributed by atoms with E-state index in [0.717, 1.165) is 25.7 Å². The second-order valence-electron chi connectivity index (χ2n) is 4.90. The summed E-state index contributed by atoms with van der Waals surface area (Å²) in [7, 11) is 0. The van der Waals surface area contributed by atoms with Gasteiger partial charge in [0.15, 0.2) is 0 Å². The van der Waals surface area contributed by atoms with Crippen LogP contribution in [0.25, 0.3) is 0 Å². The van der Waals surface area contributed by atoms with E-state index in [2.05, 4.69) is 15.3 Å². The predicted octanol–water partition coefficient (Wildman–Crippen LogP) is 2.56. The fraction of sp³-hybridized carbons (Fsp3) is 0.615. The first-order valence-electron chi connectivity index (χ1n) is 6.63. The monoisotopic (exact) mass is 317 g/mol. The molecule has 1 unspecified atom stereocenters. The maximum Gasteiger partial charge on any atom is 0.316 e. The molecule has 0 spiro atoms. The molecule has 1 heterocycles. The van der Waals surface area contributed by atoms with Gasteiger partial charge in [0, 0.05) is 6.04 Å². The first-order chi connectivity index (χ1) is 9.54. The number of rotatable bonds is 4. The van der Waals surface area contributed by atoms with Crippen LogP contribution >= 0.6 is 23.2 Å². The molecular formula is C13H17Cl2N3O2. The summed E-state index contributed by atoms with van der Waals surface area (Å²) in [6.07, 6.45) is 6.55. The summed E-state index contributed by atoms with van der Waals surface area (Å²) in [5.74, 6) is -0.114. The van der Waals surface area contributed by atoms with Crippen LogP contribution in [-0.4, -0.2) is 33.4 Å². The number of nitrogens with zero attached hydrogens (tertiary/aromatic N) is 2. The third-order valence-corrected chi connectivity index (χ3v) is 3.64. The molecule has 1 saturated carbocycles. The van der Waals surface area contributed by atoms with Crippen molar-refractivity contribution in [3.05, 3.63) is 17.4 Å². The normalized spacial score (nSPS) is 23.9. The highest BCUT2D eigenvalue weighted by molar-refractivity contribution is 6.30. The molecule has 1 aliphatic rings. The van der Waals surface area contributed by atoms with Gasteiger partial charge in [-0.1, -0.05) is 11.6 Å². The molecule has 5 nitrogen and oxygen atoms in total. The lowest BCUT2D eigenvalue weighted by molar-refractivity contribution is -0.121. The Morgan fingerprint density at radius 3 is 2.50 bits per heavy atom. The second kappa shape index (κ2) is 7.09. The summed E-state index contributed by atoms with van der Waals surface area (Å²) >= 11 is 11.4. The number of amides is 1. The lowest BCUT2D eigenvalue weighted by atomic mass is 9.93. The van der Waals surface area contributed by atoms with Gasteiger partial charge in [0.1, 0.15) is 11.5 Å². The van der Waals surface area contributed by atoms with Crippen LogP contribution < -0.4 is 10.1 Å². The molecule has 0 aromatic carbocycles. The zero-order chi connectivity index (χ0) is 14.5. The van der Waals surface area contributed by atoms with E-state index < -0.39 is 5.38 Å². The van der Waals surface area contributed by atoms with Crippen molar-refractivity contribution in [3.63, 3.8) is 0 Å². The number of carbonyl (C=O) groups is 1. The zero-order valence-corrected chi connectivity index (χ0v) is 12.7. The van der Waals surface area contributed by atoms with E-state index in [1.165, 1.54) is 12.4 Å². The number of nitrogens with one attached hydrogen (secondary N) is 1. The summed E-state index contributed by atoms with van der Waals surface area (Å²) in [4.78, 5) is 19.5. The molecule has 1 amide bonds. The van der Waals surface area contributed by atoms with Gasteiger partial charge < -0.3 is 10.1 Å². The van der Waals surface area contributed by atoms with E-state index in [9.17, 15) is 4.79 Å². The highest BCUT2D eigenvalue weighted by Crippen LogP contribution is 2.22. The van der Waals surface area contributed by atoms with Crippen LogP contribution in [0.5, 0.6) is 6.01 Å². The molecule has 1 aromatic rings. The molecule has 1 N–H and O–H groups in total. The third kappa shape index (κ3) is 4.49. The van der Waals surface area contributed by atoms with Crippen LogP contribution in [0.3, 0.4) is 0 Å². The Balaban J connectivity index is 1.77. The average Bonchev–Trinajstić information content (AvgIpc) is 2.43. The first kappa shape index (κ1) is 15.3. The van der Waals surface area contributed by atoms with Crippen LogP contribution in [0, 0.1) is 0 Å². The molecule has 2 rings (SSSR count). The van der Waals surface area contributed by atoms with Crippen molar-refractivity contribution in [2.75, 3.05) is 0 Å². The van der Waals surface area contributed by atoms with Crippen molar-refractivity contribution < 1.29 is 9.53 Å². The fourth-order valence-corrected chi connectivity index (χ4v) is 2.31. The Morgan fingerprint density at radius 2 is 1.95 bits per heavy atom. The minimum Gasteiger partial charge on any atom is -0.460 e. The van der Waals surface area contributed by atoms with Gasteiger partial charge in [-0.05, 0) is 32.6 Å². The molecule has 20 heavy (non-hydrogen) atoms. The minimum atomic E-state index is -0.494.